The van der Waals surface area contributed by atoms with Crippen LogP contribution in [0.1, 0.15) is 46.0 Å². The van der Waals surface area contributed by atoms with Gasteiger partial charge in [0.25, 0.3) is 0 Å². The molecular formula is C14H28N2O2. The average Bonchev–Trinajstić information content (AvgIpc) is 2.33. The largest absolute Gasteiger partial charge is 0.385 e. The predicted molar refractivity (Wildman–Crippen MR) is 73.5 cm³/mol. The van der Waals surface area contributed by atoms with Crippen LogP contribution in [0.25, 0.3) is 0 Å². The summed E-state index contributed by atoms with van der Waals surface area (Å²) < 4.78 is 4.93. The van der Waals surface area contributed by atoms with Gasteiger partial charge in [0, 0.05) is 26.3 Å². The van der Waals surface area contributed by atoms with E-state index < -0.39 is 0 Å². The second kappa shape index (κ2) is 7.74. The third-order valence-electron chi connectivity index (χ3n) is 3.74. The first-order chi connectivity index (χ1) is 8.53. The Morgan fingerprint density at radius 1 is 1.33 bits per heavy atom. The van der Waals surface area contributed by atoms with Gasteiger partial charge >= 0.3 is 0 Å². The first kappa shape index (κ1) is 15.4. The first-order valence-electron chi connectivity index (χ1n) is 7.02. The van der Waals surface area contributed by atoms with Crippen molar-refractivity contribution >= 4 is 5.91 Å². The van der Waals surface area contributed by atoms with Crippen molar-refractivity contribution in [2.75, 3.05) is 26.8 Å². The molecule has 1 aliphatic rings. The van der Waals surface area contributed by atoms with Crippen LogP contribution in [-0.4, -0.2) is 38.8 Å². The molecule has 0 radical (unpaired) electrons. The van der Waals surface area contributed by atoms with Gasteiger partial charge in [0.2, 0.25) is 5.91 Å². The maximum atomic E-state index is 11.6. The highest BCUT2D eigenvalue weighted by Crippen LogP contribution is 2.34. The van der Waals surface area contributed by atoms with Gasteiger partial charge in [-0.05, 0) is 37.5 Å². The lowest BCUT2D eigenvalue weighted by Crippen LogP contribution is -2.42. The minimum Gasteiger partial charge on any atom is -0.385 e. The molecule has 0 heterocycles. The number of amides is 1. The van der Waals surface area contributed by atoms with Crippen LogP contribution in [0.2, 0.25) is 0 Å². The molecule has 0 atom stereocenters. The Hall–Kier alpha value is -0.610. The molecule has 0 aromatic carbocycles. The SMILES string of the molecule is COCCCNC(=O)CNC1CCC(C)(C)CC1. The second-order valence-electron chi connectivity index (χ2n) is 6.02. The van der Waals surface area contributed by atoms with Gasteiger partial charge in [-0.3, -0.25) is 4.79 Å². The maximum absolute atomic E-state index is 11.6. The van der Waals surface area contributed by atoms with Gasteiger partial charge in [-0.15, -0.1) is 0 Å². The predicted octanol–water partition coefficient (Wildman–Crippen LogP) is 1.70. The molecule has 0 unspecified atom stereocenters. The molecule has 4 nitrogen and oxygen atoms in total. The number of ether oxygens (including phenoxy) is 1. The fourth-order valence-electron chi connectivity index (χ4n) is 2.35. The summed E-state index contributed by atoms with van der Waals surface area (Å²) in [5.74, 6) is 0.0935. The topological polar surface area (TPSA) is 50.4 Å². The van der Waals surface area contributed by atoms with Crippen molar-refractivity contribution in [3.8, 4) is 0 Å². The maximum Gasteiger partial charge on any atom is 0.233 e. The molecule has 0 aromatic heterocycles. The van der Waals surface area contributed by atoms with E-state index in [-0.39, 0.29) is 5.91 Å². The van der Waals surface area contributed by atoms with Crippen LogP contribution in [0.3, 0.4) is 0 Å². The van der Waals surface area contributed by atoms with Gasteiger partial charge in [0.05, 0.1) is 6.54 Å². The lowest BCUT2D eigenvalue weighted by molar-refractivity contribution is -0.120. The smallest absolute Gasteiger partial charge is 0.233 e. The van der Waals surface area contributed by atoms with Crippen LogP contribution in [0.4, 0.5) is 0 Å². The Bertz CT molecular complexity index is 244. The molecule has 0 bridgehead atoms. The van der Waals surface area contributed by atoms with E-state index >= 15 is 0 Å². The van der Waals surface area contributed by atoms with Crippen molar-refractivity contribution in [1.82, 2.24) is 10.6 Å². The van der Waals surface area contributed by atoms with Gasteiger partial charge < -0.3 is 15.4 Å². The van der Waals surface area contributed by atoms with Crippen LogP contribution in [0, 0.1) is 5.41 Å². The van der Waals surface area contributed by atoms with Gasteiger partial charge in [0.15, 0.2) is 0 Å². The molecule has 18 heavy (non-hydrogen) atoms. The molecule has 106 valence electrons. The van der Waals surface area contributed by atoms with Gasteiger partial charge in [0.1, 0.15) is 0 Å². The molecule has 4 heteroatoms. The fraction of sp³-hybridized carbons (Fsp3) is 0.929. The Labute approximate surface area is 111 Å². The third-order valence-corrected chi connectivity index (χ3v) is 3.74. The van der Waals surface area contributed by atoms with E-state index in [1.807, 2.05) is 0 Å². The van der Waals surface area contributed by atoms with E-state index in [4.69, 9.17) is 4.74 Å². The summed E-state index contributed by atoms with van der Waals surface area (Å²) in [6.07, 6.45) is 5.74. The van der Waals surface area contributed by atoms with Crippen LogP contribution in [0.5, 0.6) is 0 Å². The Kier molecular flexibility index (Phi) is 6.65. The lowest BCUT2D eigenvalue weighted by Gasteiger charge is -2.34. The van der Waals surface area contributed by atoms with Crippen LogP contribution < -0.4 is 10.6 Å². The number of rotatable bonds is 7. The summed E-state index contributed by atoms with van der Waals surface area (Å²) in [5, 5.41) is 6.25. The molecule has 1 amide bonds. The zero-order chi connectivity index (χ0) is 13.4. The normalized spacial score (nSPS) is 19.7. The summed E-state index contributed by atoms with van der Waals surface area (Å²) in [4.78, 5) is 11.6. The number of carbonyl (C=O) groups is 1. The van der Waals surface area contributed by atoms with E-state index in [1.165, 1.54) is 25.7 Å². The highest BCUT2D eigenvalue weighted by molar-refractivity contribution is 5.77. The van der Waals surface area contributed by atoms with Crippen LogP contribution >= 0.6 is 0 Å². The standard InChI is InChI=1S/C14H28N2O2/c1-14(2)7-5-12(6-8-14)16-11-13(17)15-9-4-10-18-3/h12,16H,4-11H2,1-3H3,(H,15,17). The minimum absolute atomic E-state index is 0.0935. The van der Waals surface area contributed by atoms with Gasteiger partial charge in [-0.25, -0.2) is 0 Å². The molecule has 1 rings (SSSR count). The molecule has 0 saturated heterocycles. The molecule has 0 aliphatic heterocycles. The quantitative estimate of drug-likeness (QED) is 0.682. The number of carbonyl (C=O) groups excluding carboxylic acids is 1. The molecule has 2 N–H and O–H groups in total. The van der Waals surface area contributed by atoms with Crippen LogP contribution in [0.15, 0.2) is 0 Å². The number of hydrogen-bond acceptors (Lipinski definition) is 3. The molecule has 1 aliphatic carbocycles. The summed E-state index contributed by atoms with van der Waals surface area (Å²) in [6, 6.07) is 0.516. The van der Waals surface area contributed by atoms with E-state index in [0.717, 1.165) is 6.42 Å². The molecule has 1 fully saturated rings. The van der Waals surface area contributed by atoms with E-state index in [2.05, 4.69) is 24.5 Å². The summed E-state index contributed by atoms with van der Waals surface area (Å²) in [5.41, 5.74) is 0.487. The van der Waals surface area contributed by atoms with Crippen molar-refractivity contribution in [3.63, 3.8) is 0 Å². The molecular weight excluding hydrogens is 228 g/mol. The number of methoxy groups -OCH3 is 1. The van der Waals surface area contributed by atoms with Gasteiger partial charge in [-0.2, -0.15) is 0 Å². The molecule has 0 aromatic rings. The highest BCUT2D eigenvalue weighted by Gasteiger charge is 2.26. The van der Waals surface area contributed by atoms with E-state index in [9.17, 15) is 4.79 Å². The van der Waals surface area contributed by atoms with Gasteiger partial charge in [-0.1, -0.05) is 13.8 Å². The van der Waals surface area contributed by atoms with E-state index in [1.54, 1.807) is 7.11 Å². The Morgan fingerprint density at radius 2 is 2.00 bits per heavy atom. The fourth-order valence-corrected chi connectivity index (χ4v) is 2.35. The summed E-state index contributed by atoms with van der Waals surface area (Å²) >= 11 is 0. The molecule has 1 saturated carbocycles. The number of nitrogens with one attached hydrogen (secondary N) is 2. The summed E-state index contributed by atoms with van der Waals surface area (Å²) in [6.45, 7) is 6.49. The summed E-state index contributed by atoms with van der Waals surface area (Å²) in [7, 11) is 1.67. The Morgan fingerprint density at radius 3 is 2.61 bits per heavy atom. The van der Waals surface area contributed by atoms with Crippen molar-refractivity contribution in [2.45, 2.75) is 52.0 Å². The second-order valence-corrected chi connectivity index (χ2v) is 6.02. The zero-order valence-electron chi connectivity index (χ0n) is 12.1. The zero-order valence-corrected chi connectivity index (χ0v) is 12.1. The molecule has 0 spiro atoms. The first-order valence-corrected chi connectivity index (χ1v) is 7.02. The van der Waals surface area contributed by atoms with Crippen molar-refractivity contribution in [2.24, 2.45) is 5.41 Å². The Balaban J connectivity index is 2.05. The van der Waals surface area contributed by atoms with Crippen LogP contribution in [-0.2, 0) is 9.53 Å². The highest BCUT2D eigenvalue weighted by atomic mass is 16.5. The third kappa shape index (κ3) is 6.36. The number of hydrogen-bond donors (Lipinski definition) is 2. The van der Waals surface area contributed by atoms with E-state index in [0.29, 0.717) is 31.2 Å². The monoisotopic (exact) mass is 256 g/mol. The lowest BCUT2D eigenvalue weighted by atomic mass is 9.75. The average molecular weight is 256 g/mol. The van der Waals surface area contributed by atoms with Crippen molar-refractivity contribution in [3.05, 3.63) is 0 Å². The van der Waals surface area contributed by atoms with Crippen molar-refractivity contribution < 1.29 is 9.53 Å². The minimum atomic E-state index is 0.0935. The van der Waals surface area contributed by atoms with Crippen molar-refractivity contribution in [1.29, 1.82) is 0 Å².